The normalized spacial score (nSPS) is 11.0. The van der Waals surface area contributed by atoms with Crippen LogP contribution in [0.2, 0.25) is 15.1 Å². The van der Waals surface area contributed by atoms with Crippen LogP contribution in [0, 0.1) is 51.1 Å². The number of benzene rings is 7. The van der Waals surface area contributed by atoms with E-state index in [1.54, 1.807) is 73.8 Å². The maximum absolute atomic E-state index is 12.6. The molecule has 11 rings (SSSR count). The highest BCUT2D eigenvalue weighted by Crippen LogP contribution is 2.33. The summed E-state index contributed by atoms with van der Waals surface area (Å²) in [6.45, 7) is 10.2. The van der Waals surface area contributed by atoms with Crippen LogP contribution < -0.4 is 38.5 Å². The highest BCUT2D eigenvalue weighted by atomic mass is 35.5. The van der Waals surface area contributed by atoms with Crippen LogP contribution in [0.4, 0.5) is 57.4 Å². The van der Waals surface area contributed by atoms with Crippen molar-refractivity contribution in [2.45, 2.75) is 97.2 Å². The van der Waals surface area contributed by atoms with Gasteiger partial charge in [0.05, 0.1) is 60.4 Å². The number of halogens is 4. The second-order valence-electron chi connectivity index (χ2n) is 25.7. The summed E-state index contributed by atoms with van der Waals surface area (Å²) in [5.74, 6) is 0.107. The molecule has 1 aliphatic rings. The van der Waals surface area contributed by atoms with Crippen LogP contribution >= 0.6 is 47.2 Å². The third-order valence-electron chi connectivity index (χ3n) is 15.4. The quantitative estimate of drug-likeness (QED) is 0.0194. The number of para-hydroxylation sites is 5. The van der Waals surface area contributed by atoms with Gasteiger partial charge in [-0.2, -0.15) is 4.98 Å². The molecule has 0 amide bonds. The van der Waals surface area contributed by atoms with Gasteiger partial charge in [0.15, 0.2) is 31.3 Å². The number of hydrogen-bond acceptors (Lipinski definition) is 32. The van der Waals surface area contributed by atoms with E-state index in [-0.39, 0.29) is 130 Å². The van der Waals surface area contributed by atoms with Crippen LogP contribution in [0.15, 0.2) is 213 Å². The summed E-state index contributed by atoms with van der Waals surface area (Å²) in [5.41, 5.74) is 7.24. The molecule has 50 heteroatoms. The number of nitrogen functional groups attached to an aromatic ring is 1. The molecule has 0 aliphatic carbocycles. The van der Waals surface area contributed by atoms with Crippen molar-refractivity contribution in [1.29, 1.82) is 0 Å². The fraction of sp³-hybridized carbons (Fsp3) is 0.317. The summed E-state index contributed by atoms with van der Waals surface area (Å²) in [6.07, 6.45) is 5.39. The predicted molar refractivity (Wildman–Crippen MR) is 532 cm³/mol. The molecule has 12 N–H and O–H groups in total. The summed E-state index contributed by atoms with van der Waals surface area (Å²) in [6, 6.07) is 40.8. The molecule has 738 valence electrons. The van der Waals surface area contributed by atoms with Crippen molar-refractivity contribution in [1.82, 2.24) is 68.8 Å². The van der Waals surface area contributed by atoms with Crippen molar-refractivity contribution < 1.29 is 78.1 Å². The molecule has 4 heterocycles. The molecular weight excluding hydrogens is 1900 g/mol. The summed E-state index contributed by atoms with van der Waals surface area (Å²) >= 11 is 17.9. The second-order valence-corrected chi connectivity index (χ2v) is 37.4. The van der Waals surface area contributed by atoms with E-state index in [9.17, 15) is 82.0 Å². The molecule has 132 heavy (non-hydrogen) atoms. The first-order valence-corrected chi connectivity index (χ1v) is 44.1. The van der Waals surface area contributed by atoms with Gasteiger partial charge in [-0.3, -0.25) is 30.3 Å². The number of likely N-dealkylation sites (N-methyl/N-ethyl adjacent to an activating group) is 1. The number of nitrogens with two attached hydrogens (primary N) is 1. The SMILES string of the molecule is C.C.C.C.C.C.C.CN(C)S(=O)(=O)c1ccccc1Nc1nc(Nc2ccc(C(=O)O)cc2)ncc1Cl.CN(C)S(=O)(=O)c1ccccc1[N+](=O)[O-].CN(C)S(=O)(=O)c1ccccc1[N+](=O)[O-].CN1CCNCC1.CNC.CS(=O)(=O)c1ccccc1[N+](=O)[O-].Cc1ncc(Cl)c(C)n1.Cc1ncc(Cl)c(Nc2ccccc2S(=O)(=O)N(C)C)n1.Cl.N.Nc1ccc(C(=O)O)cc1.[HH]. The highest BCUT2D eigenvalue weighted by molar-refractivity contribution is 7.91. The zero-order valence-electron chi connectivity index (χ0n) is 70.1. The van der Waals surface area contributed by atoms with Crippen LogP contribution in [-0.4, -0.2) is 241 Å². The lowest BCUT2D eigenvalue weighted by Crippen LogP contribution is -2.40. The van der Waals surface area contributed by atoms with E-state index in [0.29, 0.717) is 44.4 Å². The minimum atomic E-state index is -3.76. The molecule has 0 atom stereocenters. The number of aromatic nitrogens is 6. The molecule has 0 spiro atoms. The maximum Gasteiger partial charge on any atom is 0.335 e. The van der Waals surface area contributed by atoms with E-state index in [1.165, 1.54) is 173 Å². The Hall–Kier alpha value is -11.3. The Morgan fingerprint density at radius 1 is 0.455 bits per heavy atom. The first-order chi connectivity index (χ1) is 57.4. The average molecular weight is 2030 g/mol. The number of carboxylic acid groups (broad SMARTS) is 2. The van der Waals surface area contributed by atoms with Gasteiger partial charge in [-0.05, 0) is 133 Å². The smallest absolute Gasteiger partial charge is 0.335 e. The third kappa shape index (κ3) is 42.5. The topological polar surface area (TPSA) is 589 Å². The van der Waals surface area contributed by atoms with Crippen molar-refractivity contribution in [3.63, 3.8) is 0 Å². The molecular formula is C82H127Cl4N21O20S5. The van der Waals surface area contributed by atoms with Gasteiger partial charge in [0.1, 0.15) is 36.4 Å². The van der Waals surface area contributed by atoms with Crippen LogP contribution in [-0.2, 0) is 49.9 Å². The molecule has 1 saturated heterocycles. The monoisotopic (exact) mass is 2030 g/mol. The van der Waals surface area contributed by atoms with Gasteiger partial charge in [0.2, 0.25) is 46.0 Å². The summed E-state index contributed by atoms with van der Waals surface area (Å²) in [4.78, 5) is 76.9. The Morgan fingerprint density at radius 2 is 0.742 bits per heavy atom. The zero-order chi connectivity index (χ0) is 93.1. The van der Waals surface area contributed by atoms with Crippen LogP contribution in [0.5, 0.6) is 0 Å². The Morgan fingerprint density at radius 3 is 1.05 bits per heavy atom. The van der Waals surface area contributed by atoms with Crippen molar-refractivity contribution in [3.05, 3.63) is 262 Å². The standard InChI is InChI=1S/C19H18ClN5O4S.C13H15ClN4O2S.2C8H10N2O4S.C7H7NO4S.C7H7NO2.C6H7ClN2.C5H12N2.C2H7N.7CH4.ClH.H3N.H2/c1-25(2)30(28,29)16-6-4-3-5-15(16)23-17-14(20)11-21-19(24-17)22-13-9-7-12(8-10-13)18(26)27;1-9-15-8-10(14)13(16-9)17-11-6-4-5-7-12(11)21(19,20)18(2)3;2*1-9(2)15(13,14)8-6-4-3-5-7(8)10(11)12;1-13(11,12)7-5-3-2-4-6(7)8(9)10;8-6-3-1-5(2-4-6)7(9)10;1-4-6(7)3-8-5(2)9-4;1-7-4-2-6-3-5-7;1-3-2;;;;;;;;;;/h3-11H,1-2H3,(H,26,27)(H2,21,22,23,24);4-8H,1-3H3,(H,15,16,17);2*3-6H,1-2H3;2-5H,1H3;1-4H,8H2,(H,9,10);3H,1-2H3;6H,2-5H2,1H3;3H,1-2H3;7*1H4;1H;1H3;1H. The summed E-state index contributed by atoms with van der Waals surface area (Å²) in [7, 11) is -1.24. The van der Waals surface area contributed by atoms with Gasteiger partial charge < -0.3 is 53.6 Å². The molecule has 7 aromatic carbocycles. The number of aryl methyl sites for hydroxylation is 3. The van der Waals surface area contributed by atoms with E-state index in [1.807, 2.05) is 27.9 Å². The molecule has 1 fully saturated rings. The molecule has 0 bridgehead atoms. The number of sulfonamides is 4. The molecule has 41 nitrogen and oxygen atoms in total. The lowest BCUT2D eigenvalue weighted by atomic mass is 10.2. The van der Waals surface area contributed by atoms with Crippen molar-refractivity contribution >= 4 is 166 Å². The molecule has 0 saturated carbocycles. The first kappa shape index (κ1) is 134. The fourth-order valence-electron chi connectivity index (χ4n) is 9.06. The molecule has 3 aromatic heterocycles. The fourth-order valence-corrected chi connectivity index (χ4v) is 14.5. The number of nitro benzene ring substituents is 3. The third-order valence-corrected chi connectivity index (χ3v) is 25.0. The summed E-state index contributed by atoms with van der Waals surface area (Å²) in [5, 5.41) is 65.0. The number of hydrogen-bond donors (Lipinski definition) is 9. The number of nitrogens with one attached hydrogen (secondary N) is 5. The Balaban J connectivity index is -0.000000228. The van der Waals surface area contributed by atoms with Crippen molar-refractivity contribution in [2.75, 3.05) is 132 Å². The minimum Gasteiger partial charge on any atom is -0.478 e. The number of sulfone groups is 1. The van der Waals surface area contributed by atoms with Gasteiger partial charge in [0.25, 0.3) is 17.1 Å². The lowest BCUT2D eigenvalue weighted by molar-refractivity contribution is -0.388. The largest absolute Gasteiger partial charge is 0.478 e. The number of nitrogens with zero attached hydrogens (tertiary/aromatic N) is 14. The van der Waals surface area contributed by atoms with E-state index in [4.69, 9.17) is 50.7 Å². The van der Waals surface area contributed by atoms with Crippen LogP contribution in [0.3, 0.4) is 0 Å². The van der Waals surface area contributed by atoms with E-state index >= 15 is 0 Å². The Labute approximate surface area is 799 Å². The lowest BCUT2D eigenvalue weighted by Gasteiger charge is -2.21. The van der Waals surface area contributed by atoms with Gasteiger partial charge in [-0.1, -0.05) is 147 Å². The number of piperazine rings is 1. The number of aromatic carboxylic acids is 2. The van der Waals surface area contributed by atoms with Gasteiger partial charge >= 0.3 is 11.9 Å². The highest BCUT2D eigenvalue weighted by Gasteiger charge is 2.30. The first-order valence-electron chi connectivity index (χ1n) is 35.4. The zero-order valence-corrected chi connectivity index (χ0v) is 77.3. The van der Waals surface area contributed by atoms with Gasteiger partial charge in [-0.15, -0.1) is 12.4 Å². The maximum atomic E-state index is 12.6. The van der Waals surface area contributed by atoms with Gasteiger partial charge in [0, 0.05) is 126 Å². The molecule has 0 unspecified atom stereocenters. The van der Waals surface area contributed by atoms with Crippen LogP contribution in [0.1, 0.15) is 91.5 Å². The Bertz CT molecular complexity index is 5790. The number of anilines is 7. The van der Waals surface area contributed by atoms with E-state index in [0.717, 1.165) is 66.3 Å². The van der Waals surface area contributed by atoms with Crippen molar-refractivity contribution in [2.24, 2.45) is 0 Å². The number of carboxylic acids is 2. The van der Waals surface area contributed by atoms with Crippen LogP contribution in [0.25, 0.3) is 0 Å². The second kappa shape index (κ2) is 62.9. The predicted octanol–water partition coefficient (Wildman–Crippen LogP) is 16.0. The molecule has 0 radical (unpaired) electrons. The Kier molecular flexibility index (Phi) is 63.8. The molecule has 1 aliphatic heterocycles. The van der Waals surface area contributed by atoms with E-state index in [2.05, 4.69) is 68.4 Å². The average Bonchev–Trinajstić information content (AvgIpc) is 0.817. The van der Waals surface area contributed by atoms with E-state index < -0.39 is 88.0 Å². The number of nitro groups is 3. The minimum absolute atomic E-state index is 0. The number of rotatable bonds is 20. The summed E-state index contributed by atoms with van der Waals surface area (Å²) < 4.78 is 123. The van der Waals surface area contributed by atoms with Gasteiger partial charge in [-0.25, -0.2) is 93.8 Å². The van der Waals surface area contributed by atoms with Crippen molar-refractivity contribution in [3.8, 4) is 0 Å². The number of carbonyl (C=O) groups is 2. The molecule has 10 aromatic rings.